The van der Waals surface area contributed by atoms with Gasteiger partial charge in [-0.2, -0.15) is 13.2 Å². The number of methoxy groups -OCH3 is 1. The van der Waals surface area contributed by atoms with Crippen molar-refractivity contribution in [2.24, 2.45) is 5.92 Å². The summed E-state index contributed by atoms with van der Waals surface area (Å²) >= 11 is 0. The lowest BCUT2D eigenvalue weighted by molar-refractivity contribution is -0.137. The Labute approximate surface area is 214 Å². The average molecular weight is 516 g/mol. The number of ether oxygens (including phenoxy) is 2. The summed E-state index contributed by atoms with van der Waals surface area (Å²) in [6.07, 6.45) is 4.13. The number of aromatic nitrogens is 2. The number of hydrogen-bond donors (Lipinski definition) is 1. The number of carbonyl (C=O) groups is 1. The van der Waals surface area contributed by atoms with E-state index < -0.39 is 17.2 Å². The quantitative estimate of drug-likeness (QED) is 0.559. The van der Waals surface area contributed by atoms with E-state index in [1.807, 2.05) is 37.6 Å². The molecule has 9 heteroatoms. The van der Waals surface area contributed by atoms with Crippen LogP contribution in [0.5, 0.6) is 0 Å². The van der Waals surface area contributed by atoms with Crippen LogP contribution in [0, 0.1) is 12.8 Å². The Morgan fingerprint density at radius 1 is 1.19 bits per heavy atom. The van der Waals surface area contributed by atoms with E-state index in [-0.39, 0.29) is 18.4 Å². The normalized spacial score (nSPS) is 20.1. The number of carbonyl (C=O) groups excluding carboxylic acids is 1. The largest absolute Gasteiger partial charge is 0.495 e. The van der Waals surface area contributed by atoms with Crippen molar-refractivity contribution in [3.63, 3.8) is 0 Å². The number of imidazole rings is 1. The van der Waals surface area contributed by atoms with E-state index in [0.717, 1.165) is 34.7 Å². The molecule has 1 aromatic carbocycles. The highest BCUT2D eigenvalue weighted by molar-refractivity contribution is 5.95. The van der Waals surface area contributed by atoms with Crippen molar-refractivity contribution in [1.82, 2.24) is 14.9 Å². The molecule has 1 N–H and O–H groups in total. The third-order valence-electron chi connectivity index (χ3n) is 7.39. The fourth-order valence-electron chi connectivity index (χ4n) is 4.87. The number of allylic oxidation sites excluding steroid dienone is 4. The van der Waals surface area contributed by atoms with Gasteiger partial charge in [-0.1, -0.05) is 24.6 Å². The Hall–Kier alpha value is -3.33. The lowest BCUT2D eigenvalue weighted by atomic mass is 9.73. The summed E-state index contributed by atoms with van der Waals surface area (Å²) in [5.74, 6) is 0.120. The van der Waals surface area contributed by atoms with Crippen molar-refractivity contribution in [3.8, 4) is 0 Å². The molecule has 0 spiro atoms. The monoisotopic (exact) mass is 515 g/mol. The number of benzene rings is 1. The molecule has 37 heavy (non-hydrogen) atoms. The van der Waals surface area contributed by atoms with E-state index in [4.69, 9.17) is 9.47 Å². The molecule has 2 heterocycles. The summed E-state index contributed by atoms with van der Waals surface area (Å²) < 4.78 is 52.4. The Balaban J connectivity index is 1.61. The number of aryl methyl sites for hydroxylation is 1. The van der Waals surface area contributed by atoms with E-state index in [2.05, 4.69) is 10.3 Å². The predicted octanol–water partition coefficient (Wildman–Crippen LogP) is 5.41. The van der Waals surface area contributed by atoms with E-state index in [1.54, 1.807) is 19.5 Å². The molecule has 1 fully saturated rings. The van der Waals surface area contributed by atoms with Gasteiger partial charge in [0.1, 0.15) is 5.76 Å². The van der Waals surface area contributed by atoms with Gasteiger partial charge in [0.05, 0.1) is 30.4 Å². The maximum atomic E-state index is 13.5. The molecule has 1 aliphatic carbocycles. The SMILES string of the molecule is COC1=C(n2cnc(C)c2)C=C(C)C(C)C(C(=O)NCC2(c3ccc(C(F)(F)F)cc3)CCOCC2)=C1. The molecule has 2 aliphatic rings. The van der Waals surface area contributed by atoms with Gasteiger partial charge in [-0.25, -0.2) is 4.98 Å². The van der Waals surface area contributed by atoms with Crippen LogP contribution in [0.2, 0.25) is 0 Å². The van der Waals surface area contributed by atoms with Crippen molar-refractivity contribution in [1.29, 1.82) is 0 Å². The van der Waals surface area contributed by atoms with Crippen LogP contribution < -0.4 is 5.32 Å². The van der Waals surface area contributed by atoms with Crippen LogP contribution in [0.25, 0.3) is 5.70 Å². The van der Waals surface area contributed by atoms with E-state index >= 15 is 0 Å². The standard InChI is InChI=1S/C28H32F3N3O3/c1-18-13-24(34-15-19(2)33-17-34)25(36-4)14-23(20(18)3)26(35)32-16-27(9-11-37-12-10-27)21-5-7-22(8-6-21)28(29,30)31/h5-8,13-15,17,20H,9-12,16H2,1-4H3,(H,32,35). The van der Waals surface area contributed by atoms with Gasteiger partial charge in [-0.05, 0) is 56.5 Å². The van der Waals surface area contributed by atoms with E-state index in [9.17, 15) is 18.0 Å². The van der Waals surface area contributed by atoms with E-state index in [1.165, 1.54) is 12.1 Å². The first-order valence-electron chi connectivity index (χ1n) is 12.3. The number of amides is 1. The minimum atomic E-state index is -4.40. The summed E-state index contributed by atoms with van der Waals surface area (Å²) in [5.41, 5.74) is 2.73. The Morgan fingerprint density at radius 2 is 1.86 bits per heavy atom. The molecule has 0 radical (unpaired) electrons. The Morgan fingerprint density at radius 3 is 2.43 bits per heavy atom. The molecule has 1 atom stereocenters. The first kappa shape index (κ1) is 26.7. The van der Waals surface area contributed by atoms with Crippen molar-refractivity contribution < 1.29 is 27.4 Å². The zero-order valence-electron chi connectivity index (χ0n) is 21.5. The first-order valence-corrected chi connectivity index (χ1v) is 12.3. The molecule has 4 rings (SSSR count). The average Bonchev–Trinajstić information content (AvgIpc) is 3.27. The predicted molar refractivity (Wildman–Crippen MR) is 134 cm³/mol. The molecular weight excluding hydrogens is 483 g/mol. The van der Waals surface area contributed by atoms with Crippen LogP contribution in [0.4, 0.5) is 13.2 Å². The summed E-state index contributed by atoms with van der Waals surface area (Å²) in [4.78, 5) is 17.8. The molecule has 1 aromatic heterocycles. The highest BCUT2D eigenvalue weighted by atomic mass is 19.4. The fraction of sp³-hybridized carbons (Fsp3) is 0.429. The summed E-state index contributed by atoms with van der Waals surface area (Å²) in [7, 11) is 1.56. The summed E-state index contributed by atoms with van der Waals surface area (Å²) in [5, 5.41) is 3.08. The minimum absolute atomic E-state index is 0.177. The van der Waals surface area contributed by atoms with Gasteiger partial charge in [0.2, 0.25) is 5.91 Å². The van der Waals surface area contributed by atoms with Crippen molar-refractivity contribution in [2.45, 2.75) is 45.2 Å². The number of hydrogen-bond acceptors (Lipinski definition) is 4. The number of nitrogens with zero attached hydrogens (tertiary/aromatic N) is 2. The second-order valence-electron chi connectivity index (χ2n) is 9.74. The molecule has 1 aliphatic heterocycles. The zero-order chi connectivity index (χ0) is 26.8. The van der Waals surface area contributed by atoms with Crippen molar-refractivity contribution in [2.75, 3.05) is 26.9 Å². The van der Waals surface area contributed by atoms with Crippen LogP contribution in [-0.4, -0.2) is 42.3 Å². The van der Waals surface area contributed by atoms with Gasteiger partial charge in [0.25, 0.3) is 0 Å². The lowest BCUT2D eigenvalue weighted by Crippen LogP contribution is -2.45. The maximum Gasteiger partial charge on any atom is 0.416 e. The topological polar surface area (TPSA) is 65.4 Å². The highest BCUT2D eigenvalue weighted by Gasteiger charge is 2.37. The number of alkyl halides is 3. The molecule has 0 saturated carbocycles. The molecule has 1 amide bonds. The highest BCUT2D eigenvalue weighted by Crippen LogP contribution is 2.37. The second-order valence-corrected chi connectivity index (χ2v) is 9.74. The van der Waals surface area contributed by atoms with Crippen LogP contribution in [0.3, 0.4) is 0 Å². The van der Waals surface area contributed by atoms with Gasteiger partial charge in [-0.15, -0.1) is 0 Å². The molecule has 1 unspecified atom stereocenters. The van der Waals surface area contributed by atoms with Crippen LogP contribution in [0.15, 0.2) is 65.8 Å². The summed E-state index contributed by atoms with van der Waals surface area (Å²) in [6.45, 7) is 7.07. The molecule has 2 aromatic rings. The molecular formula is C28H32F3N3O3. The van der Waals surface area contributed by atoms with Crippen LogP contribution in [0.1, 0.15) is 43.5 Å². The zero-order valence-corrected chi connectivity index (χ0v) is 21.5. The Bertz CT molecular complexity index is 1230. The lowest BCUT2D eigenvalue weighted by Gasteiger charge is -2.38. The number of rotatable bonds is 6. The summed E-state index contributed by atoms with van der Waals surface area (Å²) in [6, 6.07) is 5.25. The number of nitrogens with one attached hydrogen (secondary N) is 1. The van der Waals surface area contributed by atoms with Gasteiger partial charge < -0.3 is 19.4 Å². The van der Waals surface area contributed by atoms with E-state index in [0.29, 0.717) is 37.4 Å². The minimum Gasteiger partial charge on any atom is -0.495 e. The number of halogens is 3. The van der Waals surface area contributed by atoms with Gasteiger partial charge in [0.15, 0.2) is 0 Å². The van der Waals surface area contributed by atoms with Gasteiger partial charge in [0, 0.05) is 42.9 Å². The molecule has 198 valence electrons. The molecule has 6 nitrogen and oxygen atoms in total. The van der Waals surface area contributed by atoms with Crippen LogP contribution in [-0.2, 0) is 25.9 Å². The van der Waals surface area contributed by atoms with Crippen LogP contribution >= 0.6 is 0 Å². The van der Waals surface area contributed by atoms with Gasteiger partial charge in [-0.3, -0.25) is 4.79 Å². The molecule has 0 bridgehead atoms. The smallest absolute Gasteiger partial charge is 0.416 e. The maximum absolute atomic E-state index is 13.5. The first-order chi connectivity index (χ1) is 17.5. The molecule has 1 saturated heterocycles. The third kappa shape index (κ3) is 5.66. The third-order valence-corrected chi connectivity index (χ3v) is 7.39. The van der Waals surface area contributed by atoms with Crippen molar-refractivity contribution >= 4 is 11.6 Å². The second kappa shape index (κ2) is 10.6. The fourth-order valence-corrected chi connectivity index (χ4v) is 4.87. The van der Waals surface area contributed by atoms with Gasteiger partial charge >= 0.3 is 6.18 Å². The van der Waals surface area contributed by atoms with Crippen molar-refractivity contribution in [3.05, 3.63) is 82.7 Å². The Kier molecular flexibility index (Phi) is 7.64.